The minimum absolute atomic E-state index is 0.262. The number of benzene rings is 2. The highest BCUT2D eigenvalue weighted by atomic mass is 16.5. The van der Waals surface area contributed by atoms with Gasteiger partial charge in [0.05, 0.1) is 25.0 Å². The smallest absolute Gasteiger partial charge is 0.340 e. The number of amides is 1. The van der Waals surface area contributed by atoms with Crippen molar-refractivity contribution in [2.75, 3.05) is 19.0 Å². The Bertz CT molecular complexity index is 759. The summed E-state index contributed by atoms with van der Waals surface area (Å²) < 4.78 is 16.0. The zero-order valence-corrected chi connectivity index (χ0v) is 15.2. The molecule has 0 aliphatic carbocycles. The molecular weight excluding hydrogens is 334 g/mol. The highest BCUT2D eigenvalue weighted by molar-refractivity contribution is 6.02. The molecule has 0 saturated carbocycles. The number of carbonyl (C=O) groups excluding carboxylic acids is 2. The van der Waals surface area contributed by atoms with Crippen LogP contribution in [0.5, 0.6) is 11.5 Å². The Morgan fingerprint density at radius 2 is 1.77 bits per heavy atom. The van der Waals surface area contributed by atoms with E-state index in [1.54, 1.807) is 62.6 Å². The number of ether oxygens (including phenoxy) is 3. The van der Waals surface area contributed by atoms with Crippen molar-refractivity contribution in [3.8, 4) is 11.5 Å². The fraction of sp³-hybridized carbons (Fsp3) is 0.300. The van der Waals surface area contributed by atoms with Crippen LogP contribution in [-0.4, -0.2) is 31.7 Å². The van der Waals surface area contributed by atoms with Crippen LogP contribution in [0.15, 0.2) is 48.5 Å². The molecule has 26 heavy (non-hydrogen) atoms. The zero-order valence-electron chi connectivity index (χ0n) is 15.2. The largest absolute Gasteiger partial charge is 0.497 e. The van der Waals surface area contributed by atoms with E-state index in [9.17, 15) is 9.59 Å². The first-order valence-corrected chi connectivity index (χ1v) is 8.46. The Labute approximate surface area is 153 Å². The lowest BCUT2D eigenvalue weighted by molar-refractivity contribution is -0.122. The maximum atomic E-state index is 12.6. The molecule has 2 aromatic rings. The predicted octanol–water partition coefficient (Wildman–Crippen LogP) is 3.67. The van der Waals surface area contributed by atoms with Gasteiger partial charge < -0.3 is 19.5 Å². The number of hydrogen-bond acceptors (Lipinski definition) is 5. The van der Waals surface area contributed by atoms with Crippen LogP contribution in [-0.2, 0) is 9.53 Å². The monoisotopic (exact) mass is 357 g/mol. The molecule has 2 rings (SSSR count). The van der Waals surface area contributed by atoms with Crippen LogP contribution in [0.3, 0.4) is 0 Å². The summed E-state index contributed by atoms with van der Waals surface area (Å²) in [5.74, 6) is 0.354. The molecule has 0 saturated heterocycles. The van der Waals surface area contributed by atoms with Gasteiger partial charge in [0, 0.05) is 6.07 Å². The zero-order chi connectivity index (χ0) is 18.9. The van der Waals surface area contributed by atoms with Crippen LogP contribution < -0.4 is 14.8 Å². The van der Waals surface area contributed by atoms with Gasteiger partial charge in [0.2, 0.25) is 0 Å². The van der Waals surface area contributed by atoms with Crippen molar-refractivity contribution in [3.05, 3.63) is 54.1 Å². The molecule has 1 N–H and O–H groups in total. The van der Waals surface area contributed by atoms with E-state index in [0.29, 0.717) is 29.2 Å². The van der Waals surface area contributed by atoms with E-state index < -0.39 is 12.1 Å². The minimum Gasteiger partial charge on any atom is -0.497 e. The second-order valence-electron chi connectivity index (χ2n) is 5.45. The van der Waals surface area contributed by atoms with Gasteiger partial charge in [-0.05, 0) is 37.6 Å². The number of hydrogen-bond donors (Lipinski definition) is 1. The highest BCUT2D eigenvalue weighted by Gasteiger charge is 2.21. The Morgan fingerprint density at radius 1 is 1.04 bits per heavy atom. The van der Waals surface area contributed by atoms with E-state index in [2.05, 4.69) is 5.32 Å². The third-order valence-corrected chi connectivity index (χ3v) is 3.66. The predicted molar refractivity (Wildman–Crippen MR) is 98.7 cm³/mol. The van der Waals surface area contributed by atoms with Crippen LogP contribution in [0.1, 0.15) is 30.6 Å². The number of carbonyl (C=O) groups is 2. The number of methoxy groups -OCH3 is 1. The molecule has 138 valence electrons. The number of rotatable bonds is 8. The van der Waals surface area contributed by atoms with Gasteiger partial charge in [-0.2, -0.15) is 0 Å². The summed E-state index contributed by atoms with van der Waals surface area (Å²) in [6.07, 6.45) is -0.248. The average molecular weight is 357 g/mol. The highest BCUT2D eigenvalue weighted by Crippen LogP contribution is 2.22. The first kappa shape index (κ1) is 19.3. The lowest BCUT2D eigenvalue weighted by Crippen LogP contribution is -2.33. The fourth-order valence-corrected chi connectivity index (χ4v) is 2.35. The molecule has 0 unspecified atom stereocenters. The summed E-state index contributed by atoms with van der Waals surface area (Å²) in [5.41, 5.74) is 0.697. The molecule has 0 bridgehead atoms. The third-order valence-electron chi connectivity index (χ3n) is 3.66. The normalized spacial score (nSPS) is 11.3. The lowest BCUT2D eigenvalue weighted by Gasteiger charge is -2.18. The van der Waals surface area contributed by atoms with Gasteiger partial charge in [-0.3, -0.25) is 4.79 Å². The molecule has 0 fully saturated rings. The van der Waals surface area contributed by atoms with Crippen LogP contribution in [0.25, 0.3) is 0 Å². The first-order valence-electron chi connectivity index (χ1n) is 8.46. The molecular formula is C20H23NO5. The van der Waals surface area contributed by atoms with E-state index in [0.717, 1.165) is 0 Å². The maximum Gasteiger partial charge on any atom is 0.340 e. The molecule has 0 radical (unpaired) electrons. The maximum absolute atomic E-state index is 12.6. The molecule has 0 aromatic heterocycles. The number of nitrogens with one attached hydrogen (secondary N) is 1. The molecule has 6 heteroatoms. The van der Waals surface area contributed by atoms with Crippen molar-refractivity contribution in [1.82, 2.24) is 0 Å². The Morgan fingerprint density at radius 3 is 2.46 bits per heavy atom. The average Bonchev–Trinajstić information content (AvgIpc) is 2.66. The molecule has 2 aromatic carbocycles. The second kappa shape index (κ2) is 9.46. The Hall–Kier alpha value is -3.02. The number of para-hydroxylation sites is 1. The SMILES string of the molecule is CCOC(=O)c1ccccc1NC(=O)[C@H](CC)Oc1cccc(OC)c1. The quantitative estimate of drug-likeness (QED) is 0.730. The van der Waals surface area contributed by atoms with Gasteiger partial charge in [-0.1, -0.05) is 25.1 Å². The van der Waals surface area contributed by atoms with E-state index in [-0.39, 0.29) is 12.5 Å². The van der Waals surface area contributed by atoms with Crippen molar-refractivity contribution in [2.24, 2.45) is 0 Å². The van der Waals surface area contributed by atoms with E-state index in [1.165, 1.54) is 0 Å². The third kappa shape index (κ3) is 4.99. The number of anilines is 1. The second-order valence-corrected chi connectivity index (χ2v) is 5.45. The molecule has 6 nitrogen and oxygen atoms in total. The summed E-state index contributed by atoms with van der Waals surface area (Å²) in [5, 5.41) is 2.75. The summed E-state index contributed by atoms with van der Waals surface area (Å²) in [4.78, 5) is 24.6. The molecule has 0 aliphatic rings. The summed E-state index contributed by atoms with van der Waals surface area (Å²) in [6, 6.07) is 13.8. The summed E-state index contributed by atoms with van der Waals surface area (Å²) >= 11 is 0. The summed E-state index contributed by atoms with van der Waals surface area (Å²) in [7, 11) is 1.56. The standard InChI is InChI=1S/C20H23NO5/c1-4-18(26-15-10-8-9-14(13-15)24-3)19(22)21-17-12-7-6-11-16(17)20(23)25-5-2/h6-13,18H,4-5H2,1-3H3,(H,21,22)/t18-/m0/s1. The number of esters is 1. The first-order chi connectivity index (χ1) is 12.6. The summed E-state index contributed by atoms with van der Waals surface area (Å²) in [6.45, 7) is 3.84. The molecule has 0 heterocycles. The van der Waals surface area contributed by atoms with Gasteiger partial charge in [-0.15, -0.1) is 0 Å². The fourth-order valence-electron chi connectivity index (χ4n) is 2.35. The van der Waals surface area contributed by atoms with Gasteiger partial charge in [0.25, 0.3) is 5.91 Å². The molecule has 1 amide bonds. The minimum atomic E-state index is -0.711. The Balaban J connectivity index is 2.13. The van der Waals surface area contributed by atoms with Crippen LogP contribution >= 0.6 is 0 Å². The Kier molecular flexibility index (Phi) is 7.02. The van der Waals surface area contributed by atoms with Crippen LogP contribution in [0, 0.1) is 0 Å². The van der Waals surface area contributed by atoms with Crippen molar-refractivity contribution < 1.29 is 23.8 Å². The molecule has 0 spiro atoms. The van der Waals surface area contributed by atoms with Crippen molar-refractivity contribution in [3.63, 3.8) is 0 Å². The van der Waals surface area contributed by atoms with E-state index in [4.69, 9.17) is 14.2 Å². The van der Waals surface area contributed by atoms with Crippen molar-refractivity contribution in [2.45, 2.75) is 26.4 Å². The van der Waals surface area contributed by atoms with E-state index in [1.807, 2.05) is 6.92 Å². The van der Waals surface area contributed by atoms with E-state index >= 15 is 0 Å². The van der Waals surface area contributed by atoms with Crippen molar-refractivity contribution >= 4 is 17.6 Å². The van der Waals surface area contributed by atoms with Crippen molar-refractivity contribution in [1.29, 1.82) is 0 Å². The van der Waals surface area contributed by atoms with Crippen LogP contribution in [0.4, 0.5) is 5.69 Å². The lowest BCUT2D eigenvalue weighted by atomic mass is 10.1. The van der Waals surface area contributed by atoms with Crippen LogP contribution in [0.2, 0.25) is 0 Å². The topological polar surface area (TPSA) is 73.9 Å². The van der Waals surface area contributed by atoms with Gasteiger partial charge in [0.15, 0.2) is 6.10 Å². The molecule has 0 aliphatic heterocycles. The van der Waals surface area contributed by atoms with Gasteiger partial charge in [0.1, 0.15) is 11.5 Å². The molecule has 1 atom stereocenters. The van der Waals surface area contributed by atoms with Gasteiger partial charge >= 0.3 is 5.97 Å². The van der Waals surface area contributed by atoms with Gasteiger partial charge in [-0.25, -0.2) is 4.79 Å².